The fraction of sp³-hybridized carbons (Fsp3) is 0.360. The number of carbonyl (C=O) groups is 2. The number of aromatic nitrogens is 7. The number of hydrogen-bond acceptors (Lipinski definition) is 9. The van der Waals surface area contributed by atoms with Crippen molar-refractivity contribution in [2.75, 3.05) is 16.8 Å². The Hall–Kier alpha value is -4.89. The maximum absolute atomic E-state index is 13.3. The number of rotatable bonds is 7. The predicted octanol–water partition coefficient (Wildman–Crippen LogP) is 1.51. The van der Waals surface area contributed by atoms with Crippen LogP contribution in [0.5, 0.6) is 0 Å². The first-order valence-corrected chi connectivity index (χ1v) is 12.5. The lowest BCUT2D eigenvalue weighted by atomic mass is 10.2. The number of Topliss-reactive ketones (excluding diaryl/α,β-unsaturated/α-hetero) is 1. The first kappa shape index (κ1) is 27.7. The molecule has 16 heteroatoms. The molecule has 0 radical (unpaired) electrons. The average Bonchev–Trinajstić information content (AvgIpc) is 3.58. The van der Waals surface area contributed by atoms with E-state index in [9.17, 15) is 32.3 Å². The van der Waals surface area contributed by atoms with Gasteiger partial charge in [-0.05, 0) is 31.9 Å². The molecule has 1 amide bonds. The highest BCUT2D eigenvalue weighted by Gasteiger charge is 2.46. The number of nitrogens with one attached hydrogen (secondary N) is 1. The second kappa shape index (κ2) is 10.6. The molecular weight excluding hydrogens is 547 g/mol. The van der Waals surface area contributed by atoms with Crippen molar-refractivity contribution in [3.8, 4) is 11.3 Å². The minimum Gasteiger partial charge on any atom is -0.329 e. The largest absolute Gasteiger partial charge is 0.408 e. The van der Waals surface area contributed by atoms with Gasteiger partial charge in [-0.2, -0.15) is 13.2 Å². The minimum absolute atomic E-state index is 0.0144. The summed E-state index contributed by atoms with van der Waals surface area (Å²) in [6.07, 6.45) is -0.0155. The Morgan fingerprint density at radius 3 is 2.51 bits per heavy atom. The van der Waals surface area contributed by atoms with Crippen molar-refractivity contribution in [2.24, 2.45) is 7.05 Å². The smallest absolute Gasteiger partial charge is 0.329 e. The molecule has 0 aromatic carbocycles. The van der Waals surface area contributed by atoms with E-state index in [-0.39, 0.29) is 48.2 Å². The third-order valence-electron chi connectivity index (χ3n) is 6.63. The summed E-state index contributed by atoms with van der Waals surface area (Å²) < 4.78 is 43.1. The summed E-state index contributed by atoms with van der Waals surface area (Å²) in [5.41, 5.74) is -0.605. The lowest BCUT2D eigenvalue weighted by Crippen LogP contribution is -2.42. The highest BCUT2D eigenvalue weighted by Crippen LogP contribution is 2.34. The van der Waals surface area contributed by atoms with Crippen molar-refractivity contribution >= 4 is 34.6 Å². The van der Waals surface area contributed by atoms with E-state index < -0.39 is 35.9 Å². The van der Waals surface area contributed by atoms with E-state index in [0.717, 1.165) is 14.0 Å². The average molecular weight is 572 g/mol. The van der Waals surface area contributed by atoms with Crippen LogP contribution in [0.3, 0.4) is 0 Å². The number of fused-ring (bicyclic) bond motifs is 1. The van der Waals surface area contributed by atoms with Crippen LogP contribution in [-0.2, 0) is 29.7 Å². The third kappa shape index (κ3) is 5.44. The summed E-state index contributed by atoms with van der Waals surface area (Å²) >= 11 is 0. The van der Waals surface area contributed by atoms with Gasteiger partial charge < -0.3 is 14.8 Å². The Morgan fingerprint density at radius 1 is 1.10 bits per heavy atom. The van der Waals surface area contributed by atoms with Gasteiger partial charge in [0.15, 0.2) is 11.2 Å². The number of aryl methyl sites for hydroxylation is 1. The number of alkyl halides is 3. The zero-order valence-corrected chi connectivity index (χ0v) is 21.9. The molecule has 41 heavy (non-hydrogen) atoms. The van der Waals surface area contributed by atoms with Gasteiger partial charge in [-0.1, -0.05) is 6.07 Å². The molecule has 0 aliphatic carbocycles. The fourth-order valence-corrected chi connectivity index (χ4v) is 4.75. The van der Waals surface area contributed by atoms with Crippen molar-refractivity contribution in [2.45, 2.75) is 45.1 Å². The minimum atomic E-state index is -4.38. The van der Waals surface area contributed by atoms with Crippen LogP contribution in [0.1, 0.15) is 19.8 Å². The molecule has 5 rings (SSSR count). The molecule has 1 fully saturated rings. The molecule has 0 bridgehead atoms. The van der Waals surface area contributed by atoms with Gasteiger partial charge in [0.2, 0.25) is 11.9 Å². The highest BCUT2D eigenvalue weighted by atomic mass is 19.4. The lowest BCUT2D eigenvalue weighted by molar-refractivity contribution is -0.146. The molecule has 1 aliphatic heterocycles. The first-order chi connectivity index (χ1) is 19.4. The second-order valence-electron chi connectivity index (χ2n) is 9.60. The lowest BCUT2D eigenvalue weighted by Gasteiger charge is -2.26. The number of halogens is 3. The molecule has 0 unspecified atom stereocenters. The molecule has 4 aromatic rings. The van der Waals surface area contributed by atoms with E-state index in [1.54, 1.807) is 12.1 Å². The van der Waals surface area contributed by atoms with Gasteiger partial charge in [-0.3, -0.25) is 23.5 Å². The van der Waals surface area contributed by atoms with Gasteiger partial charge in [0, 0.05) is 31.5 Å². The van der Waals surface area contributed by atoms with Crippen molar-refractivity contribution in [1.29, 1.82) is 0 Å². The van der Waals surface area contributed by atoms with E-state index in [2.05, 4.69) is 25.3 Å². The van der Waals surface area contributed by atoms with Crippen LogP contribution in [0.2, 0.25) is 0 Å². The Morgan fingerprint density at radius 2 is 1.83 bits per heavy atom. The monoisotopic (exact) mass is 571 g/mol. The molecule has 13 nitrogen and oxygen atoms in total. The number of anilines is 2. The van der Waals surface area contributed by atoms with Crippen LogP contribution in [0.25, 0.3) is 22.4 Å². The molecule has 1 saturated heterocycles. The zero-order chi connectivity index (χ0) is 29.5. The molecule has 1 atom stereocenters. The molecular formula is C25H24F3N9O4. The summed E-state index contributed by atoms with van der Waals surface area (Å²) in [6, 6.07) is 3.16. The Kier molecular flexibility index (Phi) is 7.15. The summed E-state index contributed by atoms with van der Waals surface area (Å²) in [4.78, 5) is 67.7. The van der Waals surface area contributed by atoms with Crippen molar-refractivity contribution in [1.82, 2.24) is 33.6 Å². The predicted molar refractivity (Wildman–Crippen MR) is 140 cm³/mol. The first-order valence-electron chi connectivity index (χ1n) is 12.5. The standard InChI is InChI=1S/C25H24F3N9O4/c1-14(38)11-37-22(40)20-21(34(2)24(37)41)31-13-35(20)12-19(39)33-18-7-3-5-16(32-18)15-9-29-23(30-10-15)36-8-4-6-17(36)25(26,27)28/h3,5,7,9-10,13,17H,4,6,8,11-12H2,1-2H3,(H,32,33,39)/t17-/m0/s1. The highest BCUT2D eigenvalue weighted by molar-refractivity contribution is 5.90. The number of carbonyl (C=O) groups excluding carboxylic acids is 2. The fourth-order valence-electron chi connectivity index (χ4n) is 4.75. The van der Waals surface area contributed by atoms with Crippen LogP contribution in [0, 0.1) is 0 Å². The van der Waals surface area contributed by atoms with Crippen molar-refractivity contribution in [3.05, 3.63) is 57.8 Å². The Bertz CT molecular complexity index is 1760. The number of amides is 1. The third-order valence-corrected chi connectivity index (χ3v) is 6.63. The molecule has 4 aromatic heterocycles. The van der Waals surface area contributed by atoms with Crippen molar-refractivity contribution in [3.63, 3.8) is 0 Å². The maximum atomic E-state index is 13.3. The molecule has 0 spiro atoms. The summed E-state index contributed by atoms with van der Waals surface area (Å²) in [7, 11) is 1.41. The number of ketones is 1. The zero-order valence-electron chi connectivity index (χ0n) is 21.9. The molecule has 5 heterocycles. The SMILES string of the molecule is CC(=O)Cn1c(=O)c2c(ncn2CC(=O)Nc2cccc(-c3cnc(N4CCC[C@H]4C(F)(F)F)nc3)n2)n(C)c1=O. The van der Waals surface area contributed by atoms with Crippen LogP contribution in [0.4, 0.5) is 24.9 Å². The van der Waals surface area contributed by atoms with E-state index >= 15 is 0 Å². The van der Waals surface area contributed by atoms with Crippen LogP contribution in [-0.4, -0.2) is 64.1 Å². The molecule has 214 valence electrons. The van der Waals surface area contributed by atoms with Gasteiger partial charge in [0.1, 0.15) is 24.2 Å². The number of hydrogen-bond donors (Lipinski definition) is 1. The van der Waals surface area contributed by atoms with Gasteiger partial charge >= 0.3 is 11.9 Å². The number of imidazole rings is 1. The van der Waals surface area contributed by atoms with E-state index in [0.29, 0.717) is 17.7 Å². The van der Waals surface area contributed by atoms with E-state index in [4.69, 9.17) is 0 Å². The van der Waals surface area contributed by atoms with Gasteiger partial charge in [0.05, 0.1) is 18.6 Å². The molecule has 0 saturated carbocycles. The quantitative estimate of drug-likeness (QED) is 0.348. The Labute approximate surface area is 229 Å². The normalized spacial score (nSPS) is 15.4. The van der Waals surface area contributed by atoms with E-state index in [1.165, 1.54) is 43.3 Å². The summed E-state index contributed by atoms with van der Waals surface area (Å²) in [5.74, 6) is -0.802. The summed E-state index contributed by atoms with van der Waals surface area (Å²) in [5, 5.41) is 2.62. The molecule has 1 N–H and O–H groups in total. The number of nitrogens with zero attached hydrogens (tertiary/aromatic N) is 8. The van der Waals surface area contributed by atoms with Gasteiger partial charge in [-0.25, -0.2) is 24.7 Å². The van der Waals surface area contributed by atoms with Gasteiger partial charge in [0.25, 0.3) is 5.56 Å². The van der Waals surface area contributed by atoms with Crippen molar-refractivity contribution < 1.29 is 22.8 Å². The topological polar surface area (TPSA) is 150 Å². The summed E-state index contributed by atoms with van der Waals surface area (Å²) in [6.45, 7) is 0.695. The maximum Gasteiger partial charge on any atom is 0.408 e. The van der Waals surface area contributed by atoms with E-state index in [1.807, 2.05) is 0 Å². The van der Waals surface area contributed by atoms with Gasteiger partial charge in [-0.15, -0.1) is 0 Å². The van der Waals surface area contributed by atoms with Crippen LogP contribution >= 0.6 is 0 Å². The second-order valence-corrected chi connectivity index (χ2v) is 9.60. The van der Waals surface area contributed by atoms with Crippen LogP contribution in [0.15, 0.2) is 46.5 Å². The Balaban J connectivity index is 1.33. The van der Waals surface area contributed by atoms with Crippen LogP contribution < -0.4 is 21.5 Å². The molecule has 1 aliphatic rings. The number of pyridine rings is 1.